The van der Waals surface area contributed by atoms with Crippen molar-refractivity contribution in [3.05, 3.63) is 48.2 Å². The second kappa shape index (κ2) is 9.30. The van der Waals surface area contributed by atoms with Gasteiger partial charge in [-0.25, -0.2) is 9.78 Å². The van der Waals surface area contributed by atoms with E-state index in [-0.39, 0.29) is 22.9 Å². The van der Waals surface area contributed by atoms with E-state index in [1.807, 2.05) is 0 Å². The Morgan fingerprint density at radius 1 is 1.19 bits per heavy atom. The summed E-state index contributed by atoms with van der Waals surface area (Å²) in [4.78, 5) is 27.9. The normalized spacial score (nSPS) is 10.3. The molecule has 0 aliphatic rings. The van der Waals surface area contributed by atoms with E-state index in [0.29, 0.717) is 6.61 Å². The van der Waals surface area contributed by atoms with Gasteiger partial charge in [-0.2, -0.15) is 8.78 Å². The Morgan fingerprint density at radius 2 is 1.96 bits per heavy atom. The van der Waals surface area contributed by atoms with Gasteiger partial charge in [0.2, 0.25) is 5.88 Å². The lowest BCUT2D eigenvalue weighted by molar-refractivity contribution is -0.119. The number of rotatable bonds is 8. The van der Waals surface area contributed by atoms with Crippen LogP contribution in [-0.2, 0) is 9.53 Å². The fourth-order valence-corrected chi connectivity index (χ4v) is 1.96. The minimum Gasteiger partial charge on any atom is -0.477 e. The Kier molecular flexibility index (Phi) is 6.84. The number of carbonyl (C=O) groups is 2. The molecule has 2 rings (SSSR count). The van der Waals surface area contributed by atoms with Crippen molar-refractivity contribution in [1.82, 2.24) is 4.98 Å². The third kappa shape index (κ3) is 5.40. The van der Waals surface area contributed by atoms with Gasteiger partial charge in [-0.3, -0.25) is 4.79 Å². The summed E-state index contributed by atoms with van der Waals surface area (Å²) in [5.41, 5.74) is 0.105. The molecule has 0 fully saturated rings. The zero-order chi connectivity index (χ0) is 18.9. The molecule has 0 unspecified atom stereocenters. The average molecular weight is 366 g/mol. The second-order valence-electron chi connectivity index (χ2n) is 4.79. The Balaban J connectivity index is 1.96. The van der Waals surface area contributed by atoms with Gasteiger partial charge < -0.3 is 19.5 Å². The van der Waals surface area contributed by atoms with E-state index in [0.717, 1.165) is 0 Å². The number of anilines is 1. The van der Waals surface area contributed by atoms with E-state index in [1.165, 1.54) is 42.6 Å². The first-order chi connectivity index (χ1) is 12.5. The largest absolute Gasteiger partial charge is 0.477 e. The van der Waals surface area contributed by atoms with Crippen molar-refractivity contribution in [1.29, 1.82) is 0 Å². The highest BCUT2D eigenvalue weighted by molar-refractivity contribution is 5.97. The molecule has 0 aliphatic heterocycles. The van der Waals surface area contributed by atoms with Crippen molar-refractivity contribution >= 4 is 17.6 Å². The first kappa shape index (κ1) is 19.1. The molecule has 0 saturated heterocycles. The molecule has 7 nitrogen and oxygen atoms in total. The third-order valence-corrected chi connectivity index (χ3v) is 2.98. The highest BCUT2D eigenvalue weighted by Gasteiger charge is 2.17. The van der Waals surface area contributed by atoms with E-state index >= 15 is 0 Å². The minimum absolute atomic E-state index is 0.0326. The van der Waals surface area contributed by atoms with Gasteiger partial charge in [0.25, 0.3) is 5.91 Å². The number of nitrogens with zero attached hydrogens (tertiary/aromatic N) is 1. The molecule has 1 aromatic carbocycles. The van der Waals surface area contributed by atoms with Crippen LogP contribution in [0.4, 0.5) is 14.5 Å². The number of hydrogen-bond donors (Lipinski definition) is 1. The Labute approximate surface area is 147 Å². The zero-order valence-corrected chi connectivity index (χ0v) is 13.8. The molecule has 1 amide bonds. The number of carbonyl (C=O) groups excluding carboxylic acids is 2. The molecule has 0 aliphatic carbocycles. The predicted molar refractivity (Wildman–Crippen MR) is 87.4 cm³/mol. The minimum atomic E-state index is -3.03. The lowest BCUT2D eigenvalue weighted by Crippen LogP contribution is -2.22. The number of amides is 1. The van der Waals surface area contributed by atoms with Crippen LogP contribution < -0.4 is 14.8 Å². The van der Waals surface area contributed by atoms with Gasteiger partial charge >= 0.3 is 12.6 Å². The maximum absolute atomic E-state index is 12.4. The molecule has 0 atom stereocenters. The molecular formula is C17H16F2N2O5. The molecule has 0 bridgehead atoms. The summed E-state index contributed by atoms with van der Waals surface area (Å²) in [6.45, 7) is -1.62. The molecule has 138 valence electrons. The van der Waals surface area contributed by atoms with Crippen LogP contribution in [0.1, 0.15) is 17.3 Å². The number of para-hydroxylation sites is 2. The fourth-order valence-electron chi connectivity index (χ4n) is 1.96. The number of pyridine rings is 1. The van der Waals surface area contributed by atoms with Crippen LogP contribution in [0.15, 0.2) is 42.6 Å². The maximum Gasteiger partial charge on any atom is 0.387 e. The zero-order valence-electron chi connectivity index (χ0n) is 13.8. The molecular weight excluding hydrogens is 350 g/mol. The van der Waals surface area contributed by atoms with E-state index in [9.17, 15) is 18.4 Å². The highest BCUT2D eigenvalue weighted by Crippen LogP contribution is 2.25. The molecule has 1 N–H and O–H groups in total. The number of ether oxygens (including phenoxy) is 3. The summed E-state index contributed by atoms with van der Waals surface area (Å²) in [6, 6.07) is 8.64. The van der Waals surface area contributed by atoms with Gasteiger partial charge in [0.05, 0.1) is 12.3 Å². The second-order valence-corrected chi connectivity index (χ2v) is 4.79. The highest BCUT2D eigenvalue weighted by atomic mass is 19.3. The predicted octanol–water partition coefficient (Wildman–Crippen LogP) is 2.88. The van der Waals surface area contributed by atoms with Gasteiger partial charge in [-0.15, -0.1) is 0 Å². The van der Waals surface area contributed by atoms with Gasteiger partial charge in [0.1, 0.15) is 11.3 Å². The summed E-state index contributed by atoms with van der Waals surface area (Å²) in [5.74, 6) is -1.62. The lowest BCUT2D eigenvalue weighted by Gasteiger charge is -2.12. The molecule has 0 radical (unpaired) electrons. The number of aromatic nitrogens is 1. The van der Waals surface area contributed by atoms with Gasteiger partial charge in [-0.1, -0.05) is 12.1 Å². The lowest BCUT2D eigenvalue weighted by atomic mass is 10.3. The fraction of sp³-hybridized carbons (Fsp3) is 0.235. The molecule has 0 saturated carbocycles. The molecule has 26 heavy (non-hydrogen) atoms. The third-order valence-electron chi connectivity index (χ3n) is 2.98. The van der Waals surface area contributed by atoms with Gasteiger partial charge in [0, 0.05) is 6.20 Å². The van der Waals surface area contributed by atoms with Crippen LogP contribution in [0, 0.1) is 0 Å². The number of hydrogen-bond acceptors (Lipinski definition) is 6. The van der Waals surface area contributed by atoms with Crippen molar-refractivity contribution in [2.24, 2.45) is 0 Å². The van der Waals surface area contributed by atoms with Crippen molar-refractivity contribution < 1.29 is 32.6 Å². The van der Waals surface area contributed by atoms with Crippen LogP contribution in [0.3, 0.4) is 0 Å². The summed E-state index contributed by atoms with van der Waals surface area (Å²) >= 11 is 0. The first-order valence-electron chi connectivity index (χ1n) is 7.60. The molecule has 2 aromatic rings. The summed E-state index contributed by atoms with van der Waals surface area (Å²) < 4.78 is 39.1. The van der Waals surface area contributed by atoms with Crippen LogP contribution >= 0.6 is 0 Å². The molecule has 1 heterocycles. The maximum atomic E-state index is 12.4. The van der Waals surface area contributed by atoms with Crippen molar-refractivity contribution in [3.63, 3.8) is 0 Å². The smallest absolute Gasteiger partial charge is 0.387 e. The Hall–Kier alpha value is -3.23. The van der Waals surface area contributed by atoms with Crippen LogP contribution in [0.5, 0.6) is 11.6 Å². The average Bonchev–Trinajstić information content (AvgIpc) is 2.62. The quantitative estimate of drug-likeness (QED) is 0.723. The number of alkyl halides is 2. The summed E-state index contributed by atoms with van der Waals surface area (Å²) in [5, 5.41) is 2.34. The van der Waals surface area contributed by atoms with Gasteiger partial charge in [-0.05, 0) is 31.2 Å². The van der Waals surface area contributed by atoms with Crippen LogP contribution in [0.2, 0.25) is 0 Å². The van der Waals surface area contributed by atoms with E-state index in [2.05, 4.69) is 15.0 Å². The summed E-state index contributed by atoms with van der Waals surface area (Å²) in [6.07, 6.45) is 1.45. The molecule has 9 heteroatoms. The van der Waals surface area contributed by atoms with Crippen molar-refractivity contribution in [2.75, 3.05) is 18.5 Å². The van der Waals surface area contributed by atoms with Crippen molar-refractivity contribution in [3.8, 4) is 11.6 Å². The topological polar surface area (TPSA) is 86.8 Å². The van der Waals surface area contributed by atoms with Crippen molar-refractivity contribution in [2.45, 2.75) is 13.5 Å². The summed E-state index contributed by atoms with van der Waals surface area (Å²) in [7, 11) is 0. The molecule has 1 aromatic heterocycles. The van der Waals surface area contributed by atoms with Crippen LogP contribution in [0.25, 0.3) is 0 Å². The Bertz CT molecular complexity index is 770. The Morgan fingerprint density at radius 3 is 2.69 bits per heavy atom. The van der Waals surface area contributed by atoms with E-state index in [4.69, 9.17) is 9.47 Å². The van der Waals surface area contributed by atoms with E-state index in [1.54, 1.807) is 6.92 Å². The first-order valence-corrected chi connectivity index (χ1v) is 7.60. The van der Waals surface area contributed by atoms with E-state index < -0.39 is 25.1 Å². The number of benzene rings is 1. The molecule has 0 spiro atoms. The van der Waals surface area contributed by atoms with Gasteiger partial charge in [0.15, 0.2) is 6.61 Å². The number of esters is 1. The van der Waals surface area contributed by atoms with Crippen LogP contribution in [-0.4, -0.2) is 36.7 Å². The standard InChI is InChI=1S/C17H16F2N2O5/c1-2-24-15-11(6-5-9-20-15)16(23)25-10-14(22)21-12-7-3-4-8-13(12)26-17(18)19/h3-9,17H,2,10H2,1H3,(H,21,22). The number of nitrogens with one attached hydrogen (secondary N) is 1. The SMILES string of the molecule is CCOc1ncccc1C(=O)OCC(=O)Nc1ccccc1OC(F)F. The number of halogens is 2. The monoisotopic (exact) mass is 366 g/mol.